The van der Waals surface area contributed by atoms with Crippen molar-refractivity contribution in [2.45, 2.75) is 37.3 Å². The van der Waals surface area contributed by atoms with Crippen LogP contribution in [-0.4, -0.2) is 57.8 Å². The molecule has 3 rings (SSSR count). The molecule has 0 bridgehead atoms. The quantitative estimate of drug-likeness (QED) is 0.784. The Labute approximate surface area is 157 Å². The predicted octanol–water partition coefficient (Wildman–Crippen LogP) is 2.50. The van der Waals surface area contributed by atoms with Crippen molar-refractivity contribution in [3.8, 4) is 5.75 Å². The first-order chi connectivity index (χ1) is 12.9. The first kappa shape index (κ1) is 20.4. The number of morpholine rings is 1. The molecule has 0 aliphatic carbocycles. The molecule has 2 heterocycles. The fourth-order valence-electron chi connectivity index (χ4n) is 3.69. The first-order valence-electron chi connectivity index (χ1n) is 9.28. The van der Waals surface area contributed by atoms with Crippen LogP contribution in [0.1, 0.15) is 18.4 Å². The van der Waals surface area contributed by atoms with E-state index < -0.39 is 30.4 Å². The van der Waals surface area contributed by atoms with Crippen molar-refractivity contribution in [1.29, 1.82) is 0 Å². The molecule has 0 radical (unpaired) electrons. The summed E-state index contributed by atoms with van der Waals surface area (Å²) in [4.78, 5) is 0. The molecule has 2 saturated heterocycles. The van der Waals surface area contributed by atoms with Gasteiger partial charge in [-0.15, -0.1) is 0 Å². The van der Waals surface area contributed by atoms with Crippen molar-refractivity contribution in [3.63, 3.8) is 0 Å². The summed E-state index contributed by atoms with van der Waals surface area (Å²) in [6.07, 6.45) is -3.88. The number of benzene rings is 1. The number of hydrogen-bond acceptors (Lipinski definition) is 5. The molecule has 2 aliphatic rings. The number of methoxy groups -OCH3 is 1. The van der Waals surface area contributed by atoms with Crippen LogP contribution in [0.2, 0.25) is 0 Å². The standard InChI is InChI=1S/C19H27F3N2O3/c1-25-15-4-2-14(3-5-15)11-26-12-16(19(20,21)22)17-10-24-13-18(27-17)6-8-23-9-7-18/h2-5,16-17,23-24H,6-13H2,1H3/t16?,17-/m0/s1. The Kier molecular flexibility index (Phi) is 6.62. The zero-order chi connectivity index (χ0) is 19.3. The van der Waals surface area contributed by atoms with Gasteiger partial charge in [0.25, 0.3) is 0 Å². The number of alkyl halides is 3. The maximum atomic E-state index is 13.7. The van der Waals surface area contributed by atoms with Crippen LogP contribution in [0.15, 0.2) is 24.3 Å². The first-order valence-corrected chi connectivity index (χ1v) is 9.28. The molecule has 5 nitrogen and oxygen atoms in total. The zero-order valence-electron chi connectivity index (χ0n) is 15.5. The van der Waals surface area contributed by atoms with Gasteiger partial charge in [0.15, 0.2) is 0 Å². The van der Waals surface area contributed by atoms with E-state index in [1.807, 2.05) is 0 Å². The van der Waals surface area contributed by atoms with Crippen LogP contribution in [-0.2, 0) is 16.1 Å². The van der Waals surface area contributed by atoms with E-state index in [2.05, 4.69) is 10.6 Å². The minimum absolute atomic E-state index is 0.117. The molecule has 0 amide bonds. The van der Waals surface area contributed by atoms with Crippen molar-refractivity contribution in [3.05, 3.63) is 29.8 Å². The largest absolute Gasteiger partial charge is 0.497 e. The van der Waals surface area contributed by atoms with Crippen LogP contribution in [0.3, 0.4) is 0 Å². The van der Waals surface area contributed by atoms with Crippen LogP contribution >= 0.6 is 0 Å². The van der Waals surface area contributed by atoms with E-state index in [0.717, 1.165) is 18.7 Å². The van der Waals surface area contributed by atoms with E-state index in [4.69, 9.17) is 14.2 Å². The normalized spacial score (nSPS) is 23.9. The average Bonchev–Trinajstić information content (AvgIpc) is 2.65. The molecule has 2 fully saturated rings. The number of ether oxygens (including phenoxy) is 3. The lowest BCUT2D eigenvalue weighted by molar-refractivity contribution is -0.248. The molecule has 2 N–H and O–H groups in total. The monoisotopic (exact) mass is 388 g/mol. The Morgan fingerprint density at radius 2 is 1.89 bits per heavy atom. The van der Waals surface area contributed by atoms with Gasteiger partial charge in [0.05, 0.1) is 32.0 Å². The average molecular weight is 388 g/mol. The molecule has 1 spiro atoms. The lowest BCUT2D eigenvalue weighted by Gasteiger charge is -2.46. The highest BCUT2D eigenvalue weighted by atomic mass is 19.4. The van der Waals surface area contributed by atoms with Crippen LogP contribution in [0.5, 0.6) is 5.75 Å². The molecule has 27 heavy (non-hydrogen) atoms. The van der Waals surface area contributed by atoms with Gasteiger partial charge in [-0.2, -0.15) is 13.2 Å². The van der Waals surface area contributed by atoms with Crippen LogP contribution in [0.4, 0.5) is 13.2 Å². The molecule has 1 aromatic carbocycles. The summed E-state index contributed by atoms with van der Waals surface area (Å²) in [7, 11) is 1.56. The molecule has 2 aliphatic heterocycles. The maximum absolute atomic E-state index is 13.7. The van der Waals surface area contributed by atoms with Gasteiger partial charge < -0.3 is 24.8 Å². The van der Waals surface area contributed by atoms with Crippen LogP contribution < -0.4 is 15.4 Å². The van der Waals surface area contributed by atoms with Gasteiger partial charge in [-0.1, -0.05) is 12.1 Å². The fraction of sp³-hybridized carbons (Fsp3) is 0.684. The smallest absolute Gasteiger partial charge is 0.396 e. The molecule has 1 aromatic rings. The summed E-state index contributed by atoms with van der Waals surface area (Å²) in [5.74, 6) is -0.962. The summed E-state index contributed by atoms with van der Waals surface area (Å²) < 4.78 is 57.5. The van der Waals surface area contributed by atoms with Crippen molar-refractivity contribution >= 4 is 0 Å². The Morgan fingerprint density at radius 1 is 1.19 bits per heavy atom. The summed E-state index contributed by atoms with van der Waals surface area (Å²) in [5.41, 5.74) is 0.294. The van der Waals surface area contributed by atoms with Gasteiger partial charge in [-0.25, -0.2) is 0 Å². The van der Waals surface area contributed by atoms with Gasteiger partial charge in [0.1, 0.15) is 11.7 Å². The molecule has 8 heteroatoms. The van der Waals surface area contributed by atoms with Gasteiger partial charge in [0, 0.05) is 13.1 Å². The summed E-state index contributed by atoms with van der Waals surface area (Å²) >= 11 is 0. The highest BCUT2D eigenvalue weighted by molar-refractivity contribution is 5.26. The maximum Gasteiger partial charge on any atom is 0.396 e. The summed E-state index contributed by atoms with van der Waals surface area (Å²) in [6, 6.07) is 7.08. The Bertz CT molecular complexity index is 583. The minimum Gasteiger partial charge on any atom is -0.497 e. The Balaban J connectivity index is 1.59. The zero-order valence-corrected chi connectivity index (χ0v) is 15.5. The van der Waals surface area contributed by atoms with Crippen molar-refractivity contribution in [2.24, 2.45) is 5.92 Å². The second-order valence-corrected chi connectivity index (χ2v) is 7.23. The van der Waals surface area contributed by atoms with E-state index in [1.54, 1.807) is 31.4 Å². The van der Waals surface area contributed by atoms with E-state index in [9.17, 15) is 13.2 Å². The summed E-state index contributed by atoms with van der Waals surface area (Å²) in [6.45, 7) is 2.01. The number of rotatable bonds is 6. The third-order valence-corrected chi connectivity index (χ3v) is 5.30. The number of nitrogens with one attached hydrogen (secondary N) is 2. The Hall–Kier alpha value is -1.35. The lowest BCUT2D eigenvalue weighted by Crippen LogP contribution is -2.61. The topological polar surface area (TPSA) is 51.8 Å². The van der Waals surface area contributed by atoms with Crippen LogP contribution in [0, 0.1) is 5.92 Å². The SMILES string of the molecule is COc1ccc(COCC([C@@H]2CNCC3(CCNCC3)O2)C(F)(F)F)cc1. The van der Waals surface area contributed by atoms with Gasteiger partial charge in [-0.3, -0.25) is 0 Å². The highest BCUT2D eigenvalue weighted by Crippen LogP contribution is 2.36. The number of halogens is 3. The highest BCUT2D eigenvalue weighted by Gasteiger charge is 2.50. The molecule has 0 saturated carbocycles. The van der Waals surface area contributed by atoms with E-state index in [0.29, 0.717) is 25.1 Å². The predicted molar refractivity (Wildman–Crippen MR) is 94.8 cm³/mol. The lowest BCUT2D eigenvalue weighted by atomic mass is 9.88. The second-order valence-electron chi connectivity index (χ2n) is 7.23. The van der Waals surface area contributed by atoms with Crippen molar-refractivity contribution in [2.75, 3.05) is 39.9 Å². The van der Waals surface area contributed by atoms with E-state index >= 15 is 0 Å². The van der Waals surface area contributed by atoms with E-state index in [-0.39, 0.29) is 13.2 Å². The third kappa shape index (κ3) is 5.34. The van der Waals surface area contributed by atoms with Crippen molar-refractivity contribution in [1.82, 2.24) is 10.6 Å². The second kappa shape index (κ2) is 8.77. The molecule has 2 atom stereocenters. The number of piperidine rings is 1. The minimum atomic E-state index is -4.38. The Morgan fingerprint density at radius 3 is 2.52 bits per heavy atom. The molecular weight excluding hydrogens is 361 g/mol. The van der Waals surface area contributed by atoms with Crippen LogP contribution in [0.25, 0.3) is 0 Å². The number of hydrogen-bond donors (Lipinski definition) is 2. The van der Waals surface area contributed by atoms with Crippen molar-refractivity contribution < 1.29 is 27.4 Å². The van der Waals surface area contributed by atoms with Gasteiger partial charge in [0.2, 0.25) is 0 Å². The molecule has 0 aromatic heterocycles. The summed E-state index contributed by atoms with van der Waals surface area (Å²) in [5, 5.41) is 6.37. The van der Waals surface area contributed by atoms with Gasteiger partial charge in [-0.05, 0) is 43.6 Å². The molecule has 152 valence electrons. The fourth-order valence-corrected chi connectivity index (χ4v) is 3.69. The molecule has 1 unspecified atom stereocenters. The molecular formula is C19H27F3N2O3. The third-order valence-electron chi connectivity index (χ3n) is 5.30. The van der Waals surface area contributed by atoms with E-state index in [1.165, 1.54) is 0 Å². The van der Waals surface area contributed by atoms with Gasteiger partial charge >= 0.3 is 6.18 Å².